The predicted octanol–water partition coefficient (Wildman–Crippen LogP) is 4.40. The Morgan fingerprint density at radius 3 is 3.18 bits per heavy atom. The minimum atomic E-state index is 0.805. The maximum Gasteiger partial charge on any atom is 0.0598 e. The minimum Gasteiger partial charge on any atom is -0.314 e. The summed E-state index contributed by atoms with van der Waals surface area (Å²) in [5.41, 5.74) is 0. The lowest BCUT2D eigenvalue weighted by Crippen LogP contribution is -2.33. The minimum absolute atomic E-state index is 0.805. The monoisotopic (exact) mass is 269 g/mol. The second-order valence-corrected chi connectivity index (χ2v) is 7.16. The van der Waals surface area contributed by atoms with Gasteiger partial charge in [0.2, 0.25) is 0 Å². The van der Waals surface area contributed by atoms with Gasteiger partial charge in [0.15, 0.2) is 0 Å². The summed E-state index contributed by atoms with van der Waals surface area (Å²) in [6.07, 6.45) is 6.90. The summed E-state index contributed by atoms with van der Waals surface area (Å²) in [5, 5.41) is 5.89. The van der Waals surface area contributed by atoms with Crippen molar-refractivity contribution < 1.29 is 0 Å². The first-order chi connectivity index (χ1) is 8.40. The molecule has 2 rings (SSSR count). The summed E-state index contributed by atoms with van der Waals surface area (Å²) in [5.74, 6) is 2.21. The molecule has 0 aromatic carbocycles. The Labute approximate surface area is 113 Å². The normalized spacial score (nSPS) is 24.3. The highest BCUT2D eigenvalue weighted by Gasteiger charge is 2.25. The molecule has 1 N–H and O–H groups in total. The van der Waals surface area contributed by atoms with E-state index in [1.54, 1.807) is 0 Å². The predicted molar refractivity (Wildman–Crippen MR) is 79.1 cm³/mol. The summed E-state index contributed by atoms with van der Waals surface area (Å²) in [6.45, 7) is 3.45. The number of rotatable bonds is 7. The lowest BCUT2D eigenvalue weighted by atomic mass is 10.0. The van der Waals surface area contributed by atoms with Crippen LogP contribution in [0.1, 0.15) is 39.0 Å². The summed E-state index contributed by atoms with van der Waals surface area (Å²) in [7, 11) is 0. The number of thioether (sulfide) groups is 1. The van der Waals surface area contributed by atoms with E-state index >= 15 is 0 Å². The van der Waals surface area contributed by atoms with Gasteiger partial charge >= 0.3 is 0 Å². The fraction of sp³-hybridized carbons (Fsp3) is 0.714. The van der Waals surface area contributed by atoms with Gasteiger partial charge in [0, 0.05) is 6.04 Å². The fourth-order valence-electron chi connectivity index (χ4n) is 2.64. The van der Waals surface area contributed by atoms with Crippen LogP contribution in [0, 0.1) is 5.92 Å². The van der Waals surface area contributed by atoms with Gasteiger partial charge in [0.25, 0.3) is 0 Å². The second-order valence-electron chi connectivity index (χ2n) is 4.82. The molecule has 1 aromatic rings. The number of thiophene rings is 1. The molecule has 1 fully saturated rings. The van der Waals surface area contributed by atoms with Crippen molar-refractivity contribution in [1.29, 1.82) is 0 Å². The van der Waals surface area contributed by atoms with Gasteiger partial charge in [-0.25, -0.2) is 0 Å². The van der Waals surface area contributed by atoms with Gasteiger partial charge in [0.1, 0.15) is 0 Å². The van der Waals surface area contributed by atoms with Crippen LogP contribution < -0.4 is 5.32 Å². The van der Waals surface area contributed by atoms with Crippen LogP contribution in [0.5, 0.6) is 0 Å². The molecule has 1 aliphatic rings. The quantitative estimate of drug-likeness (QED) is 0.736. The molecule has 1 heterocycles. The third kappa shape index (κ3) is 4.31. The molecule has 0 spiro atoms. The topological polar surface area (TPSA) is 12.0 Å². The molecule has 2 atom stereocenters. The van der Waals surface area contributed by atoms with Crippen molar-refractivity contribution in [3.63, 3.8) is 0 Å². The molecule has 1 aliphatic carbocycles. The Balaban J connectivity index is 1.67. The van der Waals surface area contributed by atoms with Crippen molar-refractivity contribution >= 4 is 23.1 Å². The Morgan fingerprint density at radius 2 is 2.41 bits per heavy atom. The molecule has 0 bridgehead atoms. The van der Waals surface area contributed by atoms with Crippen LogP contribution in [0.25, 0.3) is 0 Å². The van der Waals surface area contributed by atoms with Crippen molar-refractivity contribution in [3.8, 4) is 0 Å². The van der Waals surface area contributed by atoms with E-state index in [0.717, 1.165) is 12.0 Å². The maximum absolute atomic E-state index is 3.72. The van der Waals surface area contributed by atoms with Gasteiger partial charge in [-0.05, 0) is 55.3 Å². The van der Waals surface area contributed by atoms with Gasteiger partial charge in [0.05, 0.1) is 4.21 Å². The average molecular weight is 269 g/mol. The number of hydrogen-bond acceptors (Lipinski definition) is 3. The SMILES string of the molecule is CCCNC1CCCC1CCSc1cccs1. The Kier molecular flexibility index (Phi) is 5.89. The molecular formula is C14H23NS2. The van der Waals surface area contributed by atoms with Crippen molar-refractivity contribution in [2.24, 2.45) is 5.92 Å². The van der Waals surface area contributed by atoms with Gasteiger partial charge < -0.3 is 5.32 Å². The van der Waals surface area contributed by atoms with E-state index in [2.05, 4.69) is 29.8 Å². The summed E-state index contributed by atoms with van der Waals surface area (Å²) in [4.78, 5) is 0. The van der Waals surface area contributed by atoms with Crippen LogP contribution in [-0.2, 0) is 0 Å². The van der Waals surface area contributed by atoms with E-state index in [4.69, 9.17) is 0 Å². The summed E-state index contributed by atoms with van der Waals surface area (Å²) in [6, 6.07) is 5.18. The van der Waals surface area contributed by atoms with Crippen molar-refractivity contribution in [2.45, 2.75) is 49.3 Å². The van der Waals surface area contributed by atoms with E-state index in [1.807, 2.05) is 23.1 Å². The highest BCUT2D eigenvalue weighted by Crippen LogP contribution is 2.32. The zero-order valence-electron chi connectivity index (χ0n) is 10.7. The van der Waals surface area contributed by atoms with Gasteiger partial charge in [-0.1, -0.05) is 19.4 Å². The molecule has 3 heteroatoms. The highest BCUT2D eigenvalue weighted by molar-refractivity contribution is 8.01. The van der Waals surface area contributed by atoms with Crippen molar-refractivity contribution in [1.82, 2.24) is 5.32 Å². The van der Waals surface area contributed by atoms with E-state index < -0.39 is 0 Å². The Bertz CT molecular complexity index is 297. The Morgan fingerprint density at radius 1 is 1.47 bits per heavy atom. The average Bonchev–Trinajstić information content (AvgIpc) is 2.98. The molecule has 0 radical (unpaired) electrons. The smallest absolute Gasteiger partial charge is 0.0598 e. The zero-order chi connectivity index (χ0) is 11.9. The molecule has 1 nitrogen and oxygen atoms in total. The first-order valence-corrected chi connectivity index (χ1v) is 8.66. The summed E-state index contributed by atoms with van der Waals surface area (Å²) < 4.78 is 1.47. The molecule has 2 unspecified atom stereocenters. The summed E-state index contributed by atoms with van der Waals surface area (Å²) >= 11 is 3.90. The van der Waals surface area contributed by atoms with Gasteiger partial charge in [-0.3, -0.25) is 0 Å². The van der Waals surface area contributed by atoms with E-state index in [0.29, 0.717) is 0 Å². The third-order valence-corrected chi connectivity index (χ3v) is 5.71. The molecule has 0 amide bonds. The molecular weight excluding hydrogens is 246 g/mol. The zero-order valence-corrected chi connectivity index (χ0v) is 12.3. The first-order valence-electron chi connectivity index (χ1n) is 6.80. The third-order valence-electron chi connectivity index (χ3n) is 3.54. The molecule has 0 saturated heterocycles. The molecule has 0 aliphatic heterocycles. The van der Waals surface area contributed by atoms with Crippen molar-refractivity contribution in [3.05, 3.63) is 17.5 Å². The van der Waals surface area contributed by atoms with Crippen LogP contribution in [0.4, 0.5) is 0 Å². The fourth-order valence-corrected chi connectivity index (χ4v) is 4.57. The highest BCUT2D eigenvalue weighted by atomic mass is 32.2. The molecule has 96 valence electrons. The van der Waals surface area contributed by atoms with Gasteiger partial charge in [-0.15, -0.1) is 23.1 Å². The molecule has 1 aromatic heterocycles. The first kappa shape index (κ1) is 13.4. The van der Waals surface area contributed by atoms with Crippen LogP contribution in [0.2, 0.25) is 0 Å². The van der Waals surface area contributed by atoms with E-state index in [-0.39, 0.29) is 0 Å². The second kappa shape index (κ2) is 7.45. The number of nitrogens with one attached hydrogen (secondary N) is 1. The van der Waals surface area contributed by atoms with Gasteiger partial charge in [-0.2, -0.15) is 0 Å². The standard InChI is InChI=1S/C14H23NS2/c1-2-9-15-13-6-3-5-12(13)8-11-17-14-7-4-10-16-14/h4,7,10,12-13,15H,2-3,5-6,8-9,11H2,1H3. The maximum atomic E-state index is 3.72. The van der Waals surface area contributed by atoms with Crippen molar-refractivity contribution in [2.75, 3.05) is 12.3 Å². The largest absolute Gasteiger partial charge is 0.314 e. The van der Waals surface area contributed by atoms with Crippen LogP contribution in [-0.4, -0.2) is 18.3 Å². The van der Waals surface area contributed by atoms with Crippen LogP contribution >= 0.6 is 23.1 Å². The number of hydrogen-bond donors (Lipinski definition) is 1. The van der Waals surface area contributed by atoms with Crippen LogP contribution in [0.3, 0.4) is 0 Å². The van der Waals surface area contributed by atoms with E-state index in [9.17, 15) is 0 Å². The lowest BCUT2D eigenvalue weighted by molar-refractivity contribution is 0.393. The van der Waals surface area contributed by atoms with Crippen LogP contribution in [0.15, 0.2) is 21.7 Å². The molecule has 1 saturated carbocycles. The lowest BCUT2D eigenvalue weighted by Gasteiger charge is -2.20. The Hall–Kier alpha value is 0.01000. The van der Waals surface area contributed by atoms with E-state index in [1.165, 1.54) is 48.6 Å². The molecule has 17 heavy (non-hydrogen) atoms.